The summed E-state index contributed by atoms with van der Waals surface area (Å²) in [4.78, 5) is 12.7. The minimum absolute atomic E-state index is 0.106. The first kappa shape index (κ1) is 13.3. The SMILES string of the molecule is Cc1nn(C(=O)c2ccccc2)c(-c2ccccc2)c1C. The second-order valence-electron chi connectivity index (χ2n) is 5.01. The number of aromatic nitrogens is 2. The van der Waals surface area contributed by atoms with Gasteiger partial charge >= 0.3 is 0 Å². The highest BCUT2D eigenvalue weighted by Gasteiger charge is 2.19. The molecule has 3 heteroatoms. The molecule has 0 fully saturated rings. The molecule has 104 valence electrons. The summed E-state index contributed by atoms with van der Waals surface area (Å²) in [7, 11) is 0. The number of carbonyl (C=O) groups is 1. The number of hydrogen-bond acceptors (Lipinski definition) is 2. The predicted molar refractivity (Wildman–Crippen MR) is 83.3 cm³/mol. The molecule has 1 heterocycles. The van der Waals surface area contributed by atoms with Crippen molar-refractivity contribution in [3.63, 3.8) is 0 Å². The molecule has 0 saturated heterocycles. The van der Waals surface area contributed by atoms with Gasteiger partial charge in [-0.05, 0) is 31.5 Å². The molecule has 0 atom stereocenters. The number of rotatable bonds is 2. The van der Waals surface area contributed by atoms with E-state index >= 15 is 0 Å². The van der Waals surface area contributed by atoms with Crippen LogP contribution in [0.5, 0.6) is 0 Å². The smallest absolute Gasteiger partial charge is 0.267 e. The minimum atomic E-state index is -0.106. The predicted octanol–water partition coefficient (Wildman–Crippen LogP) is 3.86. The zero-order valence-corrected chi connectivity index (χ0v) is 12.1. The van der Waals surface area contributed by atoms with Crippen molar-refractivity contribution in [1.82, 2.24) is 9.78 Å². The molecule has 3 nitrogen and oxygen atoms in total. The lowest BCUT2D eigenvalue weighted by atomic mass is 10.1. The summed E-state index contributed by atoms with van der Waals surface area (Å²) in [6, 6.07) is 19.1. The Morgan fingerprint density at radius 3 is 2.10 bits per heavy atom. The van der Waals surface area contributed by atoms with Crippen molar-refractivity contribution in [3.8, 4) is 11.3 Å². The largest absolute Gasteiger partial charge is 0.278 e. The fourth-order valence-electron chi connectivity index (χ4n) is 2.39. The number of carbonyl (C=O) groups excluding carboxylic acids is 1. The number of hydrogen-bond donors (Lipinski definition) is 0. The van der Waals surface area contributed by atoms with E-state index in [9.17, 15) is 4.79 Å². The highest BCUT2D eigenvalue weighted by atomic mass is 16.2. The molecule has 3 rings (SSSR count). The van der Waals surface area contributed by atoms with Crippen LogP contribution in [0.2, 0.25) is 0 Å². The van der Waals surface area contributed by atoms with Gasteiger partial charge < -0.3 is 0 Å². The van der Waals surface area contributed by atoms with Crippen molar-refractivity contribution in [1.29, 1.82) is 0 Å². The molecule has 0 unspecified atom stereocenters. The third-order valence-corrected chi connectivity index (χ3v) is 3.62. The standard InChI is InChI=1S/C18H16N2O/c1-13-14(2)19-20(17(13)15-9-5-3-6-10-15)18(21)16-11-7-4-8-12-16/h3-12H,1-2H3. The van der Waals surface area contributed by atoms with Crippen LogP contribution < -0.4 is 0 Å². The van der Waals surface area contributed by atoms with Crippen LogP contribution in [0.3, 0.4) is 0 Å². The summed E-state index contributed by atoms with van der Waals surface area (Å²) < 4.78 is 1.51. The highest BCUT2D eigenvalue weighted by Crippen LogP contribution is 2.26. The number of aryl methyl sites for hydroxylation is 1. The summed E-state index contributed by atoms with van der Waals surface area (Å²) in [6.07, 6.45) is 0. The van der Waals surface area contributed by atoms with Gasteiger partial charge in [-0.25, -0.2) is 0 Å². The topological polar surface area (TPSA) is 34.9 Å². The van der Waals surface area contributed by atoms with Gasteiger partial charge in [-0.15, -0.1) is 0 Å². The summed E-state index contributed by atoms with van der Waals surface area (Å²) in [5.74, 6) is -0.106. The Morgan fingerprint density at radius 2 is 1.48 bits per heavy atom. The van der Waals surface area contributed by atoms with Gasteiger partial charge in [0.2, 0.25) is 0 Å². The Morgan fingerprint density at radius 1 is 0.905 bits per heavy atom. The van der Waals surface area contributed by atoms with Gasteiger partial charge in [-0.2, -0.15) is 9.78 Å². The Labute approximate surface area is 123 Å². The van der Waals surface area contributed by atoms with Crippen LogP contribution in [0.4, 0.5) is 0 Å². The fraction of sp³-hybridized carbons (Fsp3) is 0.111. The minimum Gasteiger partial charge on any atom is -0.267 e. The molecule has 0 N–H and O–H groups in total. The van der Waals surface area contributed by atoms with Crippen LogP contribution in [0.15, 0.2) is 60.7 Å². The third-order valence-electron chi connectivity index (χ3n) is 3.62. The molecule has 0 aliphatic rings. The molecule has 0 bridgehead atoms. The van der Waals surface area contributed by atoms with E-state index in [1.807, 2.05) is 74.5 Å². The lowest BCUT2D eigenvalue weighted by Crippen LogP contribution is -2.15. The van der Waals surface area contributed by atoms with Gasteiger partial charge in [0.25, 0.3) is 5.91 Å². The molecule has 0 radical (unpaired) electrons. The van der Waals surface area contributed by atoms with Crippen molar-refractivity contribution in [3.05, 3.63) is 77.5 Å². The zero-order chi connectivity index (χ0) is 14.8. The summed E-state index contributed by atoms with van der Waals surface area (Å²) >= 11 is 0. The fourth-order valence-corrected chi connectivity index (χ4v) is 2.39. The molecule has 0 aliphatic heterocycles. The van der Waals surface area contributed by atoms with E-state index in [0.29, 0.717) is 5.56 Å². The Bertz CT molecular complexity index is 774. The van der Waals surface area contributed by atoms with Gasteiger partial charge in [0.1, 0.15) is 0 Å². The summed E-state index contributed by atoms with van der Waals surface area (Å²) in [5.41, 5.74) is 4.41. The molecule has 0 amide bonds. The molecule has 2 aromatic carbocycles. The molecule has 0 saturated carbocycles. The van der Waals surface area contributed by atoms with E-state index in [4.69, 9.17) is 0 Å². The van der Waals surface area contributed by atoms with Gasteiger partial charge in [0, 0.05) is 11.1 Å². The summed E-state index contributed by atoms with van der Waals surface area (Å²) in [5, 5.41) is 4.43. The van der Waals surface area contributed by atoms with Crippen LogP contribution in [0, 0.1) is 13.8 Å². The molecule has 21 heavy (non-hydrogen) atoms. The van der Waals surface area contributed by atoms with E-state index in [0.717, 1.165) is 22.5 Å². The second-order valence-corrected chi connectivity index (χ2v) is 5.01. The average molecular weight is 276 g/mol. The van der Waals surface area contributed by atoms with Crippen molar-refractivity contribution in [2.75, 3.05) is 0 Å². The molecule has 0 aliphatic carbocycles. The first-order chi connectivity index (χ1) is 10.2. The van der Waals surface area contributed by atoms with Crippen LogP contribution in [0.1, 0.15) is 21.6 Å². The van der Waals surface area contributed by atoms with Crippen LogP contribution >= 0.6 is 0 Å². The maximum Gasteiger partial charge on any atom is 0.278 e. The maximum absolute atomic E-state index is 12.7. The monoisotopic (exact) mass is 276 g/mol. The molecule has 3 aromatic rings. The second kappa shape index (κ2) is 5.37. The Kier molecular flexibility index (Phi) is 3.40. The van der Waals surface area contributed by atoms with Crippen molar-refractivity contribution in [2.24, 2.45) is 0 Å². The molecular weight excluding hydrogens is 260 g/mol. The Balaban J connectivity index is 2.16. The Hall–Kier alpha value is -2.68. The lowest BCUT2D eigenvalue weighted by molar-refractivity contribution is 0.0947. The highest BCUT2D eigenvalue weighted by molar-refractivity contribution is 5.98. The molecule has 1 aromatic heterocycles. The van der Waals surface area contributed by atoms with Gasteiger partial charge in [0.15, 0.2) is 0 Å². The number of benzene rings is 2. The summed E-state index contributed by atoms with van der Waals surface area (Å²) in [6.45, 7) is 3.93. The quantitative estimate of drug-likeness (QED) is 0.712. The van der Waals surface area contributed by atoms with E-state index < -0.39 is 0 Å². The van der Waals surface area contributed by atoms with Gasteiger partial charge in [-0.3, -0.25) is 4.79 Å². The van der Waals surface area contributed by atoms with E-state index in [1.165, 1.54) is 4.68 Å². The average Bonchev–Trinajstić information content (AvgIpc) is 2.84. The zero-order valence-electron chi connectivity index (χ0n) is 12.1. The van der Waals surface area contributed by atoms with Crippen LogP contribution in [-0.4, -0.2) is 15.7 Å². The van der Waals surface area contributed by atoms with Crippen LogP contribution in [0.25, 0.3) is 11.3 Å². The van der Waals surface area contributed by atoms with Gasteiger partial charge in [-0.1, -0.05) is 48.5 Å². The van der Waals surface area contributed by atoms with E-state index in [-0.39, 0.29) is 5.91 Å². The lowest BCUT2D eigenvalue weighted by Gasteiger charge is -2.07. The van der Waals surface area contributed by atoms with Crippen LogP contribution in [-0.2, 0) is 0 Å². The van der Waals surface area contributed by atoms with Gasteiger partial charge in [0.05, 0.1) is 11.4 Å². The van der Waals surface area contributed by atoms with Crippen molar-refractivity contribution >= 4 is 5.91 Å². The first-order valence-corrected chi connectivity index (χ1v) is 6.90. The van der Waals surface area contributed by atoms with E-state index in [2.05, 4.69) is 5.10 Å². The van der Waals surface area contributed by atoms with Crippen molar-refractivity contribution < 1.29 is 4.79 Å². The third kappa shape index (κ3) is 2.38. The normalized spacial score (nSPS) is 10.6. The number of nitrogens with zero attached hydrogens (tertiary/aromatic N) is 2. The molecule has 0 spiro atoms. The first-order valence-electron chi connectivity index (χ1n) is 6.90. The van der Waals surface area contributed by atoms with E-state index in [1.54, 1.807) is 0 Å². The molecular formula is C18H16N2O. The van der Waals surface area contributed by atoms with Crippen molar-refractivity contribution in [2.45, 2.75) is 13.8 Å². The maximum atomic E-state index is 12.7.